The van der Waals surface area contributed by atoms with Gasteiger partial charge in [-0.2, -0.15) is 0 Å². The smallest absolute Gasteiger partial charge is 0.312 e. The maximum Gasteiger partial charge on any atom is 0.312 e. The van der Waals surface area contributed by atoms with Gasteiger partial charge in [-0.3, -0.25) is 4.79 Å². The molecule has 0 saturated carbocycles. The van der Waals surface area contributed by atoms with E-state index in [0.717, 1.165) is 5.56 Å². The van der Waals surface area contributed by atoms with Crippen LogP contribution in [-0.2, 0) is 6.54 Å². The zero-order valence-electron chi connectivity index (χ0n) is 9.57. The molecule has 17 heavy (non-hydrogen) atoms. The van der Waals surface area contributed by atoms with Crippen LogP contribution in [0.5, 0.6) is 0 Å². The first-order valence-electron chi connectivity index (χ1n) is 5.14. The van der Waals surface area contributed by atoms with Crippen LogP contribution in [0.3, 0.4) is 0 Å². The number of rotatable bonds is 4. The van der Waals surface area contributed by atoms with Crippen molar-refractivity contribution in [3.05, 3.63) is 34.9 Å². The highest BCUT2D eigenvalue weighted by atomic mass is 16.2. The Balaban J connectivity index is 3.18. The summed E-state index contributed by atoms with van der Waals surface area (Å²) in [6.07, 6.45) is 0. The molecule has 0 aliphatic heterocycles. The van der Waals surface area contributed by atoms with Crippen molar-refractivity contribution in [2.24, 2.45) is 17.2 Å². The van der Waals surface area contributed by atoms with Gasteiger partial charge in [-0.25, -0.2) is 4.79 Å². The molecule has 0 fully saturated rings. The van der Waals surface area contributed by atoms with Crippen LogP contribution in [-0.4, -0.2) is 11.9 Å². The average molecular weight is 236 g/mol. The fourth-order valence-corrected chi connectivity index (χ4v) is 1.63. The van der Waals surface area contributed by atoms with Crippen LogP contribution < -0.4 is 22.5 Å². The van der Waals surface area contributed by atoms with Crippen LogP contribution in [0.25, 0.3) is 0 Å². The van der Waals surface area contributed by atoms with Crippen LogP contribution in [0.2, 0.25) is 0 Å². The highest BCUT2D eigenvalue weighted by molar-refractivity contribution is 5.94. The summed E-state index contributed by atoms with van der Waals surface area (Å²) in [5.74, 6) is -0.561. The average Bonchev–Trinajstić information content (AvgIpc) is 2.25. The number of carbonyl (C=O) groups excluding carboxylic acids is 2. The molecule has 1 rings (SSSR count). The minimum atomic E-state index is -0.667. The van der Waals surface area contributed by atoms with E-state index in [-0.39, 0.29) is 12.6 Å². The number of carbonyl (C=O) groups is 2. The van der Waals surface area contributed by atoms with Crippen molar-refractivity contribution in [1.29, 1.82) is 0 Å². The first kappa shape index (κ1) is 13.0. The van der Waals surface area contributed by atoms with Gasteiger partial charge >= 0.3 is 6.03 Å². The van der Waals surface area contributed by atoms with Crippen molar-refractivity contribution in [2.75, 3.05) is 0 Å². The zero-order valence-corrected chi connectivity index (χ0v) is 9.57. The first-order chi connectivity index (χ1) is 7.93. The highest BCUT2D eigenvalue weighted by Gasteiger charge is 2.14. The van der Waals surface area contributed by atoms with Crippen LogP contribution in [0, 0.1) is 0 Å². The maximum atomic E-state index is 11.3. The van der Waals surface area contributed by atoms with E-state index in [1.807, 2.05) is 0 Å². The Hall–Kier alpha value is -2.08. The third-order valence-corrected chi connectivity index (χ3v) is 2.41. The monoisotopic (exact) mass is 236 g/mol. The summed E-state index contributed by atoms with van der Waals surface area (Å²) in [5, 5.41) is 2.43. The molecule has 6 heteroatoms. The summed E-state index contributed by atoms with van der Waals surface area (Å²) in [4.78, 5) is 22.0. The molecule has 1 aromatic rings. The molecule has 1 unspecified atom stereocenters. The summed E-state index contributed by atoms with van der Waals surface area (Å²) in [6.45, 7) is 1.92. The van der Waals surface area contributed by atoms with E-state index < -0.39 is 11.9 Å². The van der Waals surface area contributed by atoms with Gasteiger partial charge < -0.3 is 22.5 Å². The van der Waals surface area contributed by atoms with Crippen LogP contribution in [0.1, 0.15) is 34.5 Å². The summed E-state index contributed by atoms with van der Waals surface area (Å²) in [7, 11) is 0. The summed E-state index contributed by atoms with van der Waals surface area (Å²) in [6, 6.07) is 4.15. The number of hydrogen-bond acceptors (Lipinski definition) is 3. The molecule has 0 radical (unpaired) electrons. The Morgan fingerprint density at radius 2 is 2.00 bits per heavy atom. The number of benzene rings is 1. The maximum absolute atomic E-state index is 11.3. The number of hydrogen-bond donors (Lipinski definition) is 4. The Bertz CT molecular complexity index is 443. The van der Waals surface area contributed by atoms with Gasteiger partial charge in [-0.1, -0.05) is 12.1 Å². The van der Waals surface area contributed by atoms with Gasteiger partial charge in [0.05, 0.1) is 0 Å². The van der Waals surface area contributed by atoms with E-state index in [1.165, 1.54) is 0 Å². The largest absolute Gasteiger partial charge is 0.366 e. The second-order valence-corrected chi connectivity index (χ2v) is 3.74. The predicted molar refractivity (Wildman–Crippen MR) is 64.0 cm³/mol. The van der Waals surface area contributed by atoms with E-state index >= 15 is 0 Å². The van der Waals surface area contributed by atoms with Gasteiger partial charge in [0.2, 0.25) is 5.91 Å². The van der Waals surface area contributed by atoms with Gasteiger partial charge in [0, 0.05) is 18.2 Å². The van der Waals surface area contributed by atoms with Crippen LogP contribution >= 0.6 is 0 Å². The second kappa shape index (κ2) is 5.31. The molecule has 0 spiro atoms. The zero-order chi connectivity index (χ0) is 13.0. The topological polar surface area (TPSA) is 124 Å². The molecule has 1 aromatic carbocycles. The Kier molecular flexibility index (Phi) is 4.06. The van der Waals surface area contributed by atoms with Crippen LogP contribution in [0.15, 0.2) is 18.2 Å². The fourth-order valence-electron chi connectivity index (χ4n) is 1.63. The number of nitrogens with two attached hydrogens (primary N) is 3. The van der Waals surface area contributed by atoms with Crippen molar-refractivity contribution in [2.45, 2.75) is 19.5 Å². The molecule has 7 N–H and O–H groups in total. The lowest BCUT2D eigenvalue weighted by molar-refractivity contribution is 0.0999. The normalized spacial score (nSPS) is 11.9. The molecule has 6 nitrogen and oxygen atoms in total. The Morgan fingerprint density at radius 3 is 2.47 bits per heavy atom. The van der Waals surface area contributed by atoms with Gasteiger partial charge in [-0.15, -0.1) is 0 Å². The van der Waals surface area contributed by atoms with Crippen molar-refractivity contribution >= 4 is 11.9 Å². The van der Waals surface area contributed by atoms with Crippen molar-refractivity contribution < 1.29 is 9.59 Å². The van der Waals surface area contributed by atoms with Gasteiger partial charge in [-0.05, 0) is 24.1 Å². The predicted octanol–water partition coefficient (Wildman–Crippen LogP) is -0.0265. The standard InChI is InChI=1S/C11H16N4O2/c1-6(12)7-3-2-4-8(10(13)16)9(7)5-15-11(14)17/h2-4,6H,5,12H2,1H3,(H2,13,16)(H3,14,15,17). The van der Waals surface area contributed by atoms with Gasteiger partial charge in [0.1, 0.15) is 0 Å². The third-order valence-electron chi connectivity index (χ3n) is 2.41. The van der Waals surface area contributed by atoms with Crippen LogP contribution in [0.4, 0.5) is 4.79 Å². The van der Waals surface area contributed by atoms with Gasteiger partial charge in [0.25, 0.3) is 0 Å². The Labute approximate surface area is 99.1 Å². The molecule has 0 aliphatic rings. The lowest BCUT2D eigenvalue weighted by Crippen LogP contribution is -2.31. The van der Waals surface area contributed by atoms with Crippen molar-refractivity contribution in [3.8, 4) is 0 Å². The quantitative estimate of drug-likeness (QED) is 0.586. The third kappa shape index (κ3) is 3.18. The lowest BCUT2D eigenvalue weighted by Gasteiger charge is -2.15. The van der Waals surface area contributed by atoms with E-state index in [9.17, 15) is 9.59 Å². The minimum Gasteiger partial charge on any atom is -0.366 e. The minimum absolute atomic E-state index is 0.130. The van der Waals surface area contributed by atoms with E-state index in [0.29, 0.717) is 11.1 Å². The fraction of sp³-hybridized carbons (Fsp3) is 0.273. The summed E-state index contributed by atoms with van der Waals surface area (Å²) < 4.78 is 0. The van der Waals surface area contributed by atoms with Gasteiger partial charge in [0.15, 0.2) is 0 Å². The number of urea groups is 1. The molecule has 92 valence electrons. The highest BCUT2D eigenvalue weighted by Crippen LogP contribution is 2.19. The lowest BCUT2D eigenvalue weighted by atomic mass is 9.96. The number of primary amides is 2. The number of nitrogens with one attached hydrogen (secondary N) is 1. The SMILES string of the molecule is CC(N)c1cccc(C(N)=O)c1CNC(N)=O. The van der Waals surface area contributed by atoms with E-state index in [4.69, 9.17) is 17.2 Å². The molecule has 0 bridgehead atoms. The Morgan fingerprint density at radius 1 is 1.35 bits per heavy atom. The van der Waals surface area contributed by atoms with Crippen molar-refractivity contribution in [1.82, 2.24) is 5.32 Å². The van der Waals surface area contributed by atoms with E-state index in [2.05, 4.69) is 5.32 Å². The first-order valence-corrected chi connectivity index (χ1v) is 5.14. The molecule has 0 aromatic heterocycles. The summed E-state index contributed by atoms with van der Waals surface area (Å²) in [5.41, 5.74) is 17.8. The molecule has 0 aliphatic carbocycles. The number of amides is 3. The molecule has 0 heterocycles. The summed E-state index contributed by atoms with van der Waals surface area (Å²) >= 11 is 0. The molecular weight excluding hydrogens is 220 g/mol. The van der Waals surface area contributed by atoms with E-state index in [1.54, 1.807) is 25.1 Å². The molecule has 0 saturated heterocycles. The molecular formula is C11H16N4O2. The molecule has 3 amide bonds. The second-order valence-electron chi connectivity index (χ2n) is 3.74. The molecule has 1 atom stereocenters. The van der Waals surface area contributed by atoms with Crippen molar-refractivity contribution in [3.63, 3.8) is 0 Å².